The minimum Gasteiger partial charge on any atom is -0.477 e. The van der Waals surface area contributed by atoms with E-state index in [1.54, 1.807) is 28.8 Å². The highest BCUT2D eigenvalue weighted by atomic mass is 19.1. The van der Waals surface area contributed by atoms with E-state index in [1.807, 2.05) is 6.92 Å². The first-order valence-corrected chi connectivity index (χ1v) is 11.4. The second kappa shape index (κ2) is 10.5. The lowest BCUT2D eigenvalue weighted by atomic mass is 10.0. The number of ether oxygens (including phenoxy) is 1. The van der Waals surface area contributed by atoms with Crippen LogP contribution in [0.1, 0.15) is 36.7 Å². The van der Waals surface area contributed by atoms with Gasteiger partial charge in [0.05, 0.1) is 71.1 Å². The Morgan fingerprint density at radius 1 is 1.22 bits per heavy atom. The van der Waals surface area contributed by atoms with E-state index in [9.17, 15) is 14.3 Å². The van der Waals surface area contributed by atoms with Gasteiger partial charge in [-0.15, -0.1) is 0 Å². The van der Waals surface area contributed by atoms with Gasteiger partial charge in [-0.05, 0) is 45.0 Å². The van der Waals surface area contributed by atoms with Gasteiger partial charge in [-0.2, -0.15) is 10.4 Å². The van der Waals surface area contributed by atoms with Crippen LogP contribution in [0.25, 0.3) is 16.9 Å². The third kappa shape index (κ3) is 5.79. The summed E-state index contributed by atoms with van der Waals surface area (Å²) >= 11 is 0. The van der Waals surface area contributed by atoms with Gasteiger partial charge >= 0.3 is 0 Å². The number of hydrogen-bond acceptors (Lipinski definition) is 9. The summed E-state index contributed by atoms with van der Waals surface area (Å²) in [7, 11) is 0. The van der Waals surface area contributed by atoms with E-state index < -0.39 is 17.7 Å². The van der Waals surface area contributed by atoms with E-state index in [0.717, 1.165) is 0 Å². The van der Waals surface area contributed by atoms with Crippen molar-refractivity contribution < 1.29 is 19.0 Å². The Bertz CT molecular complexity index is 1460. The summed E-state index contributed by atoms with van der Waals surface area (Å²) in [5, 5.41) is 28.8. The van der Waals surface area contributed by atoms with Gasteiger partial charge in [-0.1, -0.05) is 0 Å². The Balaban J connectivity index is 1.69. The SMILES string of the molecule is CCOc1cnc(Nc2cc(-c3ccc4cc(C#N)cnn34)ncc2C(=O)NC[C@@H](F)C(C)(C)O)cn1. The van der Waals surface area contributed by atoms with Gasteiger partial charge in [0.2, 0.25) is 5.88 Å². The Morgan fingerprint density at radius 2 is 2.03 bits per heavy atom. The summed E-state index contributed by atoms with van der Waals surface area (Å²) in [5.74, 6) is 0.0972. The molecule has 0 fully saturated rings. The largest absolute Gasteiger partial charge is 0.477 e. The lowest BCUT2D eigenvalue weighted by Crippen LogP contribution is -2.42. The maximum absolute atomic E-state index is 14.2. The third-order valence-corrected chi connectivity index (χ3v) is 5.43. The number of pyridine rings is 1. The van der Waals surface area contributed by atoms with Crippen molar-refractivity contribution in [1.82, 2.24) is 29.9 Å². The molecule has 0 aliphatic heterocycles. The van der Waals surface area contributed by atoms with E-state index in [-0.39, 0.29) is 12.1 Å². The van der Waals surface area contributed by atoms with Crippen LogP contribution in [0.5, 0.6) is 5.88 Å². The molecule has 0 radical (unpaired) electrons. The van der Waals surface area contributed by atoms with Crippen molar-refractivity contribution in [3.05, 3.63) is 60.2 Å². The molecule has 4 heterocycles. The molecule has 37 heavy (non-hydrogen) atoms. The summed E-state index contributed by atoms with van der Waals surface area (Å²) in [6.07, 6.45) is 4.03. The smallest absolute Gasteiger partial charge is 0.255 e. The van der Waals surface area contributed by atoms with E-state index in [0.29, 0.717) is 46.5 Å². The topological polar surface area (TPSA) is 150 Å². The predicted octanol–water partition coefficient (Wildman–Crippen LogP) is 3.04. The zero-order valence-corrected chi connectivity index (χ0v) is 20.4. The van der Waals surface area contributed by atoms with Crippen molar-refractivity contribution in [3.8, 4) is 23.3 Å². The molecule has 0 aliphatic rings. The molecular formula is C25H25FN8O3. The Kier molecular flexibility index (Phi) is 7.26. The standard InChI is InChI=1S/C25H25FN8O3/c1-4-37-23-14-29-22(13-30-23)33-18-8-19(20-6-5-16-7-15(9-27)10-32-34(16)20)28-11-17(18)24(35)31-12-21(26)25(2,3)36/h5-8,10-11,13-14,21,36H,4,12H2,1-3H3,(H,31,35)(H,28,29,33)/t21-/m1/s1. The molecule has 4 aromatic heterocycles. The minimum absolute atomic E-state index is 0.128. The molecule has 12 heteroatoms. The number of halogens is 1. The number of fused-ring (bicyclic) bond motifs is 1. The number of anilines is 2. The maximum atomic E-state index is 14.2. The number of nitriles is 1. The van der Waals surface area contributed by atoms with Crippen LogP contribution in [0.4, 0.5) is 15.9 Å². The summed E-state index contributed by atoms with van der Waals surface area (Å²) in [4.78, 5) is 25.8. The van der Waals surface area contributed by atoms with Crippen LogP contribution in [0.3, 0.4) is 0 Å². The van der Waals surface area contributed by atoms with Gasteiger partial charge in [0.25, 0.3) is 5.91 Å². The molecule has 1 amide bonds. The van der Waals surface area contributed by atoms with Crippen LogP contribution in [-0.4, -0.2) is 60.5 Å². The molecule has 3 N–H and O–H groups in total. The third-order valence-electron chi connectivity index (χ3n) is 5.43. The Hall–Kier alpha value is -4.63. The van der Waals surface area contributed by atoms with Gasteiger partial charge < -0.3 is 20.5 Å². The lowest BCUT2D eigenvalue weighted by molar-refractivity contribution is -0.00177. The van der Waals surface area contributed by atoms with Crippen LogP contribution in [0.15, 0.2) is 49.1 Å². The number of hydrogen-bond donors (Lipinski definition) is 3. The molecule has 0 aliphatic carbocycles. The zero-order valence-electron chi connectivity index (χ0n) is 20.4. The first-order chi connectivity index (χ1) is 17.7. The van der Waals surface area contributed by atoms with Crippen LogP contribution < -0.4 is 15.4 Å². The predicted molar refractivity (Wildman–Crippen MR) is 133 cm³/mol. The second-order valence-corrected chi connectivity index (χ2v) is 8.66. The van der Waals surface area contributed by atoms with Crippen LogP contribution >= 0.6 is 0 Å². The highest BCUT2D eigenvalue weighted by molar-refractivity contribution is 6.00. The van der Waals surface area contributed by atoms with Crippen molar-refractivity contribution in [1.29, 1.82) is 5.26 Å². The lowest BCUT2D eigenvalue weighted by Gasteiger charge is -2.22. The fourth-order valence-corrected chi connectivity index (χ4v) is 3.40. The van der Waals surface area contributed by atoms with Gasteiger partial charge in [-0.3, -0.25) is 9.78 Å². The number of alkyl halides is 1. The first-order valence-electron chi connectivity index (χ1n) is 11.4. The molecule has 4 aromatic rings. The van der Waals surface area contributed by atoms with Crippen molar-refractivity contribution in [2.24, 2.45) is 0 Å². The minimum atomic E-state index is -1.67. The molecule has 0 saturated heterocycles. The van der Waals surface area contributed by atoms with Gasteiger partial charge in [-0.25, -0.2) is 18.9 Å². The average molecular weight is 505 g/mol. The van der Waals surface area contributed by atoms with E-state index in [4.69, 9.17) is 10.00 Å². The number of aliphatic hydroxyl groups is 1. The molecule has 0 spiro atoms. The Morgan fingerprint density at radius 3 is 2.70 bits per heavy atom. The summed E-state index contributed by atoms with van der Waals surface area (Å²) in [6.45, 7) is 4.54. The fraction of sp³-hybridized carbons (Fsp3) is 0.280. The molecule has 4 rings (SSSR count). The van der Waals surface area contributed by atoms with Crippen molar-refractivity contribution in [2.75, 3.05) is 18.5 Å². The number of nitrogens with one attached hydrogen (secondary N) is 2. The molecule has 0 saturated carbocycles. The highest BCUT2D eigenvalue weighted by Crippen LogP contribution is 2.27. The molecule has 11 nitrogen and oxygen atoms in total. The highest BCUT2D eigenvalue weighted by Gasteiger charge is 2.27. The van der Waals surface area contributed by atoms with Crippen molar-refractivity contribution in [2.45, 2.75) is 32.5 Å². The summed E-state index contributed by atoms with van der Waals surface area (Å²) in [5.41, 5.74) is 1.08. The van der Waals surface area contributed by atoms with Crippen LogP contribution in [-0.2, 0) is 0 Å². The number of aromatic nitrogens is 5. The first kappa shape index (κ1) is 25.5. The van der Waals surface area contributed by atoms with Crippen molar-refractivity contribution in [3.63, 3.8) is 0 Å². The normalized spacial score (nSPS) is 12.1. The summed E-state index contributed by atoms with van der Waals surface area (Å²) < 4.78 is 21.2. The number of rotatable bonds is 9. The van der Waals surface area contributed by atoms with E-state index in [2.05, 4.69) is 36.8 Å². The molecule has 1 atom stereocenters. The zero-order chi connectivity index (χ0) is 26.6. The van der Waals surface area contributed by atoms with Gasteiger partial charge in [0.1, 0.15) is 18.1 Å². The Labute approximate surface area is 212 Å². The number of carbonyl (C=O) groups excluding carboxylic acids is 1. The van der Waals surface area contributed by atoms with E-state index >= 15 is 0 Å². The van der Waals surface area contributed by atoms with Crippen molar-refractivity contribution >= 4 is 22.9 Å². The van der Waals surface area contributed by atoms with Crippen LogP contribution in [0, 0.1) is 11.3 Å². The van der Waals surface area contributed by atoms with Gasteiger partial charge in [0, 0.05) is 6.20 Å². The van der Waals surface area contributed by atoms with Crippen LogP contribution in [0.2, 0.25) is 0 Å². The number of carbonyl (C=O) groups is 1. The van der Waals surface area contributed by atoms with Gasteiger partial charge in [0.15, 0.2) is 0 Å². The molecule has 0 unspecified atom stereocenters. The summed E-state index contributed by atoms with van der Waals surface area (Å²) in [6, 6.07) is 8.98. The maximum Gasteiger partial charge on any atom is 0.255 e. The number of amides is 1. The molecule has 0 bridgehead atoms. The number of nitrogens with zero attached hydrogens (tertiary/aromatic N) is 6. The average Bonchev–Trinajstić information content (AvgIpc) is 3.31. The quantitative estimate of drug-likeness (QED) is 0.312. The molecule has 0 aromatic carbocycles. The molecule has 190 valence electrons. The monoisotopic (exact) mass is 504 g/mol. The fourth-order valence-electron chi connectivity index (χ4n) is 3.40. The molecular weight excluding hydrogens is 479 g/mol. The van der Waals surface area contributed by atoms with E-state index in [1.165, 1.54) is 38.6 Å². The second-order valence-electron chi connectivity index (χ2n) is 8.66.